The second-order valence-electron chi connectivity index (χ2n) is 4.75. The Bertz CT molecular complexity index is 851. The lowest BCUT2D eigenvalue weighted by Crippen LogP contribution is -2.30. The van der Waals surface area contributed by atoms with Crippen molar-refractivity contribution in [2.24, 2.45) is 5.10 Å². The molecule has 1 aliphatic rings. The van der Waals surface area contributed by atoms with Crippen LogP contribution in [0.1, 0.15) is 24.2 Å². The summed E-state index contributed by atoms with van der Waals surface area (Å²) in [6.45, 7) is 1.70. The molecule has 3 rings (SSSR count). The maximum absolute atomic E-state index is 12.0. The summed E-state index contributed by atoms with van der Waals surface area (Å²) in [4.78, 5) is 39.6. The van der Waals surface area contributed by atoms with E-state index in [0.29, 0.717) is 10.7 Å². The van der Waals surface area contributed by atoms with Crippen LogP contribution < -0.4 is 11.0 Å². The van der Waals surface area contributed by atoms with Crippen LogP contribution in [0, 0.1) is 6.92 Å². The van der Waals surface area contributed by atoms with E-state index >= 15 is 0 Å². The van der Waals surface area contributed by atoms with Crippen molar-refractivity contribution >= 4 is 33.9 Å². The monoisotopic (exact) mass is 320 g/mol. The van der Waals surface area contributed by atoms with Gasteiger partial charge in [0.2, 0.25) is 5.91 Å². The SMILES string of the molecule is Cc1csc2nc(COC(=O)C3=NNC(=O)CC3)cc(=O)n12. The number of aromatic nitrogens is 2. The van der Waals surface area contributed by atoms with E-state index in [1.165, 1.54) is 21.8 Å². The van der Waals surface area contributed by atoms with Crippen molar-refractivity contribution in [2.75, 3.05) is 0 Å². The number of amides is 1. The Morgan fingerprint density at radius 1 is 1.45 bits per heavy atom. The van der Waals surface area contributed by atoms with Crippen molar-refractivity contribution in [3.8, 4) is 0 Å². The molecule has 1 amide bonds. The van der Waals surface area contributed by atoms with E-state index in [9.17, 15) is 14.4 Å². The Kier molecular flexibility index (Phi) is 3.72. The van der Waals surface area contributed by atoms with Crippen LogP contribution in [0.25, 0.3) is 4.96 Å². The van der Waals surface area contributed by atoms with Gasteiger partial charge in [0.15, 0.2) is 4.96 Å². The number of hydrazone groups is 1. The first-order valence-corrected chi connectivity index (χ1v) is 7.42. The van der Waals surface area contributed by atoms with Crippen LogP contribution >= 0.6 is 11.3 Å². The normalized spacial score (nSPS) is 14.6. The molecular formula is C13H12N4O4S. The predicted octanol–water partition coefficient (Wildman–Crippen LogP) is 0.374. The highest BCUT2D eigenvalue weighted by molar-refractivity contribution is 7.15. The molecule has 0 fully saturated rings. The van der Waals surface area contributed by atoms with Crippen molar-refractivity contribution in [3.05, 3.63) is 33.2 Å². The molecule has 9 heteroatoms. The molecule has 0 bridgehead atoms. The fourth-order valence-electron chi connectivity index (χ4n) is 2.02. The minimum atomic E-state index is -0.621. The molecule has 1 aliphatic heterocycles. The first-order chi connectivity index (χ1) is 10.5. The van der Waals surface area contributed by atoms with E-state index in [-0.39, 0.29) is 36.6 Å². The summed E-state index contributed by atoms with van der Waals surface area (Å²) in [5, 5.41) is 5.48. The molecule has 0 radical (unpaired) electrons. The van der Waals surface area contributed by atoms with Crippen LogP contribution in [0.4, 0.5) is 0 Å². The lowest BCUT2D eigenvalue weighted by atomic mass is 10.2. The Hall–Kier alpha value is -2.55. The molecule has 22 heavy (non-hydrogen) atoms. The lowest BCUT2D eigenvalue weighted by Gasteiger charge is -2.11. The van der Waals surface area contributed by atoms with Crippen LogP contribution in [0.3, 0.4) is 0 Å². The van der Waals surface area contributed by atoms with E-state index in [1.807, 2.05) is 12.3 Å². The number of fused-ring (bicyclic) bond motifs is 1. The lowest BCUT2D eigenvalue weighted by molar-refractivity contribution is -0.137. The minimum absolute atomic E-state index is 0.117. The topological polar surface area (TPSA) is 102 Å². The van der Waals surface area contributed by atoms with Gasteiger partial charge in [0.1, 0.15) is 12.3 Å². The molecule has 2 aromatic rings. The minimum Gasteiger partial charge on any atom is -0.455 e. The number of hydrogen-bond donors (Lipinski definition) is 1. The van der Waals surface area contributed by atoms with Gasteiger partial charge in [-0.2, -0.15) is 5.10 Å². The molecule has 114 valence electrons. The third kappa shape index (κ3) is 2.75. The molecule has 0 saturated heterocycles. The highest BCUT2D eigenvalue weighted by Gasteiger charge is 2.20. The van der Waals surface area contributed by atoms with Crippen molar-refractivity contribution in [1.82, 2.24) is 14.8 Å². The number of carbonyl (C=O) groups excluding carboxylic acids is 2. The maximum Gasteiger partial charge on any atom is 0.354 e. The summed E-state index contributed by atoms with van der Waals surface area (Å²) < 4.78 is 6.58. The van der Waals surface area contributed by atoms with Gasteiger partial charge in [-0.15, -0.1) is 11.3 Å². The van der Waals surface area contributed by atoms with Gasteiger partial charge in [0, 0.05) is 30.0 Å². The Balaban J connectivity index is 1.73. The molecule has 2 aromatic heterocycles. The van der Waals surface area contributed by atoms with Crippen LogP contribution in [-0.2, 0) is 20.9 Å². The molecule has 0 unspecified atom stereocenters. The molecule has 0 aliphatic carbocycles. The van der Waals surface area contributed by atoms with Gasteiger partial charge in [-0.05, 0) is 6.92 Å². The van der Waals surface area contributed by atoms with E-state index < -0.39 is 5.97 Å². The highest BCUT2D eigenvalue weighted by atomic mass is 32.1. The third-order valence-electron chi connectivity index (χ3n) is 3.12. The zero-order valence-corrected chi connectivity index (χ0v) is 12.5. The highest BCUT2D eigenvalue weighted by Crippen LogP contribution is 2.12. The quantitative estimate of drug-likeness (QED) is 0.823. The van der Waals surface area contributed by atoms with Crippen molar-refractivity contribution in [3.63, 3.8) is 0 Å². The second-order valence-corrected chi connectivity index (χ2v) is 5.59. The van der Waals surface area contributed by atoms with Gasteiger partial charge in [-0.1, -0.05) is 0 Å². The van der Waals surface area contributed by atoms with Gasteiger partial charge in [0.25, 0.3) is 5.56 Å². The number of aryl methyl sites for hydroxylation is 1. The Labute approximate surface area is 128 Å². The van der Waals surface area contributed by atoms with E-state index in [0.717, 1.165) is 5.69 Å². The van der Waals surface area contributed by atoms with Crippen LogP contribution in [0.5, 0.6) is 0 Å². The molecule has 0 aromatic carbocycles. The van der Waals surface area contributed by atoms with Crippen LogP contribution in [0.15, 0.2) is 21.3 Å². The summed E-state index contributed by atoms with van der Waals surface area (Å²) in [6, 6.07) is 1.34. The number of ether oxygens (including phenoxy) is 1. The summed E-state index contributed by atoms with van der Waals surface area (Å²) in [5.74, 6) is -0.853. The van der Waals surface area contributed by atoms with E-state index in [4.69, 9.17) is 4.74 Å². The molecule has 0 spiro atoms. The third-order valence-corrected chi connectivity index (χ3v) is 4.06. The van der Waals surface area contributed by atoms with Gasteiger partial charge in [-0.25, -0.2) is 15.2 Å². The molecule has 1 N–H and O–H groups in total. The Morgan fingerprint density at radius 3 is 3.00 bits per heavy atom. The summed E-state index contributed by atoms with van der Waals surface area (Å²) in [5.41, 5.74) is 3.36. The average Bonchev–Trinajstić information content (AvgIpc) is 2.87. The summed E-state index contributed by atoms with van der Waals surface area (Å²) in [6.07, 6.45) is 0.442. The van der Waals surface area contributed by atoms with Gasteiger partial charge in [-0.3, -0.25) is 14.0 Å². The van der Waals surface area contributed by atoms with Gasteiger partial charge >= 0.3 is 5.97 Å². The predicted molar refractivity (Wildman–Crippen MR) is 78.7 cm³/mol. The summed E-state index contributed by atoms with van der Waals surface area (Å²) in [7, 11) is 0. The number of thiazole rings is 1. The number of esters is 1. The van der Waals surface area contributed by atoms with Gasteiger partial charge in [0.05, 0.1) is 5.69 Å². The number of rotatable bonds is 3. The van der Waals surface area contributed by atoms with Crippen LogP contribution in [0.2, 0.25) is 0 Å². The van der Waals surface area contributed by atoms with E-state index in [2.05, 4.69) is 15.5 Å². The number of hydrogen-bond acceptors (Lipinski definition) is 7. The number of nitrogens with zero attached hydrogens (tertiary/aromatic N) is 3. The molecule has 3 heterocycles. The fourth-order valence-corrected chi connectivity index (χ4v) is 2.91. The van der Waals surface area contributed by atoms with Crippen molar-refractivity contribution in [2.45, 2.75) is 26.4 Å². The van der Waals surface area contributed by atoms with E-state index in [1.54, 1.807) is 0 Å². The van der Waals surface area contributed by atoms with Crippen LogP contribution in [-0.4, -0.2) is 27.0 Å². The zero-order valence-electron chi connectivity index (χ0n) is 11.7. The maximum atomic E-state index is 12.0. The first kappa shape index (κ1) is 14.4. The van der Waals surface area contributed by atoms with Crippen molar-refractivity contribution < 1.29 is 14.3 Å². The summed E-state index contributed by atoms with van der Waals surface area (Å²) >= 11 is 1.34. The first-order valence-electron chi connectivity index (χ1n) is 6.54. The van der Waals surface area contributed by atoms with Gasteiger partial charge < -0.3 is 4.74 Å². The molecular weight excluding hydrogens is 308 g/mol. The zero-order chi connectivity index (χ0) is 15.7. The molecule has 0 atom stereocenters. The molecule has 8 nitrogen and oxygen atoms in total. The standard InChI is InChI=1S/C13H12N4O4S/c1-7-6-22-13-14-8(4-11(19)17(7)13)5-21-12(20)9-2-3-10(18)16-15-9/h4,6H,2-3,5H2,1H3,(H,16,18). The largest absolute Gasteiger partial charge is 0.455 e. The number of carbonyl (C=O) groups is 2. The Morgan fingerprint density at radius 2 is 2.27 bits per heavy atom. The fraction of sp³-hybridized carbons (Fsp3) is 0.308. The smallest absolute Gasteiger partial charge is 0.354 e. The second kappa shape index (κ2) is 5.68. The average molecular weight is 320 g/mol. The molecule has 0 saturated carbocycles. The van der Waals surface area contributed by atoms with Crippen molar-refractivity contribution in [1.29, 1.82) is 0 Å². The number of nitrogens with one attached hydrogen (secondary N) is 1.